The lowest BCUT2D eigenvalue weighted by Gasteiger charge is -2.29. The molecule has 1 unspecified atom stereocenters. The van der Waals surface area contributed by atoms with Gasteiger partial charge in [-0.1, -0.05) is 72.3 Å². The molecule has 3 aromatic carbocycles. The number of benzene rings is 3. The number of ketones is 1. The number of hydrogen-bond acceptors (Lipinski definition) is 4. The van der Waals surface area contributed by atoms with Crippen molar-refractivity contribution in [1.29, 1.82) is 0 Å². The summed E-state index contributed by atoms with van der Waals surface area (Å²) in [5, 5.41) is 3.42. The van der Waals surface area contributed by atoms with Crippen LogP contribution in [0.25, 0.3) is 0 Å². The molecule has 32 heavy (non-hydrogen) atoms. The quantitative estimate of drug-likeness (QED) is 0.479. The fourth-order valence-corrected chi connectivity index (χ4v) is 3.66. The van der Waals surface area contributed by atoms with Gasteiger partial charge in [0.25, 0.3) is 0 Å². The first kappa shape index (κ1) is 23.7. The molecule has 0 bridgehead atoms. The fourth-order valence-electron chi connectivity index (χ4n) is 3.49. The van der Waals surface area contributed by atoms with Gasteiger partial charge < -0.3 is 10.2 Å². The van der Waals surface area contributed by atoms with Gasteiger partial charge in [0.15, 0.2) is 5.78 Å². The van der Waals surface area contributed by atoms with Gasteiger partial charge >= 0.3 is 0 Å². The van der Waals surface area contributed by atoms with E-state index >= 15 is 0 Å². The SMILES string of the molecule is CN(C)CCN(C)C(C(=O)Nc1ccc(Cl)cc1C(=O)c1ccccc1)c1ccccc1. The summed E-state index contributed by atoms with van der Waals surface area (Å²) in [7, 11) is 5.93. The van der Waals surface area contributed by atoms with Crippen LogP contribution in [0.4, 0.5) is 5.69 Å². The highest BCUT2D eigenvalue weighted by atomic mass is 35.5. The van der Waals surface area contributed by atoms with Crippen LogP contribution in [0.5, 0.6) is 0 Å². The van der Waals surface area contributed by atoms with E-state index in [-0.39, 0.29) is 11.7 Å². The molecule has 3 rings (SSSR count). The molecule has 1 atom stereocenters. The number of amides is 1. The van der Waals surface area contributed by atoms with Gasteiger partial charge in [-0.2, -0.15) is 0 Å². The average Bonchev–Trinajstić information content (AvgIpc) is 2.80. The highest BCUT2D eigenvalue weighted by molar-refractivity contribution is 6.31. The number of carbonyl (C=O) groups is 2. The zero-order chi connectivity index (χ0) is 23.1. The fraction of sp³-hybridized carbons (Fsp3) is 0.231. The highest BCUT2D eigenvalue weighted by Crippen LogP contribution is 2.27. The zero-order valence-electron chi connectivity index (χ0n) is 18.6. The Morgan fingerprint density at radius 2 is 1.50 bits per heavy atom. The molecule has 1 amide bonds. The number of nitrogens with one attached hydrogen (secondary N) is 1. The summed E-state index contributed by atoms with van der Waals surface area (Å²) in [6.45, 7) is 1.52. The third-order valence-corrected chi connectivity index (χ3v) is 5.46. The molecule has 3 aromatic rings. The second-order valence-electron chi connectivity index (χ2n) is 7.97. The summed E-state index contributed by atoms with van der Waals surface area (Å²) in [6.07, 6.45) is 0. The Morgan fingerprint density at radius 3 is 2.12 bits per heavy atom. The zero-order valence-corrected chi connectivity index (χ0v) is 19.3. The van der Waals surface area contributed by atoms with Crippen molar-refractivity contribution in [3.63, 3.8) is 0 Å². The van der Waals surface area contributed by atoms with E-state index in [1.54, 1.807) is 42.5 Å². The minimum absolute atomic E-state index is 0.194. The van der Waals surface area contributed by atoms with E-state index in [1.165, 1.54) is 0 Å². The van der Waals surface area contributed by atoms with Gasteiger partial charge in [-0.25, -0.2) is 0 Å². The predicted octanol–water partition coefficient (Wildman–Crippen LogP) is 4.74. The first-order valence-corrected chi connectivity index (χ1v) is 10.8. The predicted molar refractivity (Wildman–Crippen MR) is 130 cm³/mol. The van der Waals surface area contributed by atoms with E-state index in [0.29, 0.717) is 28.4 Å². The van der Waals surface area contributed by atoms with Crippen molar-refractivity contribution in [2.45, 2.75) is 6.04 Å². The number of hydrogen-bond donors (Lipinski definition) is 1. The lowest BCUT2D eigenvalue weighted by molar-refractivity contribution is -0.121. The first-order valence-electron chi connectivity index (χ1n) is 10.5. The smallest absolute Gasteiger partial charge is 0.246 e. The van der Waals surface area contributed by atoms with Crippen molar-refractivity contribution < 1.29 is 9.59 Å². The van der Waals surface area contributed by atoms with Crippen LogP contribution in [-0.4, -0.2) is 55.7 Å². The number of halogens is 1. The lowest BCUT2D eigenvalue weighted by atomic mass is 10.0. The van der Waals surface area contributed by atoms with Crippen LogP contribution in [0.3, 0.4) is 0 Å². The monoisotopic (exact) mass is 449 g/mol. The summed E-state index contributed by atoms with van der Waals surface area (Å²) in [4.78, 5) is 30.7. The molecule has 0 aliphatic rings. The Kier molecular flexibility index (Phi) is 8.17. The van der Waals surface area contributed by atoms with Gasteiger partial charge in [0.05, 0.1) is 5.69 Å². The van der Waals surface area contributed by atoms with Crippen molar-refractivity contribution in [3.8, 4) is 0 Å². The first-order chi connectivity index (χ1) is 15.4. The molecule has 0 aliphatic heterocycles. The lowest BCUT2D eigenvalue weighted by Crippen LogP contribution is -2.38. The van der Waals surface area contributed by atoms with Crippen molar-refractivity contribution in [2.75, 3.05) is 39.5 Å². The summed E-state index contributed by atoms with van der Waals surface area (Å²) in [5.41, 5.74) is 2.22. The second kappa shape index (κ2) is 11.0. The van der Waals surface area contributed by atoms with Gasteiger partial charge in [0, 0.05) is 29.2 Å². The van der Waals surface area contributed by atoms with Gasteiger partial charge in [0.2, 0.25) is 5.91 Å². The van der Waals surface area contributed by atoms with Crippen molar-refractivity contribution in [2.24, 2.45) is 0 Å². The highest BCUT2D eigenvalue weighted by Gasteiger charge is 2.26. The van der Waals surface area contributed by atoms with Crippen LogP contribution >= 0.6 is 11.6 Å². The van der Waals surface area contributed by atoms with Crippen LogP contribution in [0.15, 0.2) is 78.9 Å². The maximum atomic E-state index is 13.5. The van der Waals surface area contributed by atoms with Crippen molar-refractivity contribution in [1.82, 2.24) is 9.80 Å². The van der Waals surface area contributed by atoms with E-state index in [9.17, 15) is 9.59 Å². The Bertz CT molecular complexity index is 1060. The summed E-state index contributed by atoms with van der Waals surface area (Å²) < 4.78 is 0. The van der Waals surface area contributed by atoms with Crippen molar-refractivity contribution >= 4 is 29.0 Å². The molecule has 6 heteroatoms. The Labute approximate surface area is 194 Å². The number of rotatable bonds is 9. The average molecular weight is 450 g/mol. The molecule has 0 spiro atoms. The number of likely N-dealkylation sites (N-methyl/N-ethyl adjacent to an activating group) is 2. The molecule has 0 saturated heterocycles. The third-order valence-electron chi connectivity index (χ3n) is 5.22. The summed E-state index contributed by atoms with van der Waals surface area (Å²) >= 11 is 6.19. The van der Waals surface area contributed by atoms with Gasteiger partial charge in [-0.3, -0.25) is 14.5 Å². The molecule has 0 aliphatic carbocycles. The number of anilines is 1. The number of carbonyl (C=O) groups excluding carboxylic acids is 2. The minimum Gasteiger partial charge on any atom is -0.324 e. The van der Waals surface area contributed by atoms with Crippen LogP contribution in [0.2, 0.25) is 5.02 Å². The molecule has 1 N–H and O–H groups in total. The maximum absolute atomic E-state index is 13.5. The van der Waals surface area contributed by atoms with E-state index < -0.39 is 6.04 Å². The molecule has 0 fully saturated rings. The summed E-state index contributed by atoms with van der Waals surface area (Å²) in [6, 6.07) is 23.0. The van der Waals surface area contributed by atoms with Crippen LogP contribution in [0.1, 0.15) is 27.5 Å². The van der Waals surface area contributed by atoms with Crippen LogP contribution < -0.4 is 5.32 Å². The van der Waals surface area contributed by atoms with E-state index in [1.807, 2.05) is 62.4 Å². The molecule has 0 aromatic heterocycles. The molecule has 0 radical (unpaired) electrons. The number of nitrogens with zero attached hydrogens (tertiary/aromatic N) is 2. The minimum atomic E-state index is -0.508. The second-order valence-corrected chi connectivity index (χ2v) is 8.41. The largest absolute Gasteiger partial charge is 0.324 e. The molecule has 5 nitrogen and oxygen atoms in total. The molecular weight excluding hydrogens is 422 g/mol. The molecule has 0 saturated carbocycles. The van der Waals surface area contributed by atoms with E-state index in [2.05, 4.69) is 10.2 Å². The Balaban J connectivity index is 1.92. The van der Waals surface area contributed by atoms with E-state index in [4.69, 9.17) is 11.6 Å². The standard InChI is InChI=1S/C26H28ClN3O2/c1-29(2)16-17-30(3)24(19-10-6-4-7-11-19)26(32)28-23-15-14-21(27)18-22(23)25(31)20-12-8-5-9-13-20/h4-15,18,24H,16-17H2,1-3H3,(H,28,32). The molecule has 0 heterocycles. The summed E-state index contributed by atoms with van der Waals surface area (Å²) in [5.74, 6) is -0.400. The van der Waals surface area contributed by atoms with Gasteiger partial charge in [-0.15, -0.1) is 0 Å². The van der Waals surface area contributed by atoms with Crippen molar-refractivity contribution in [3.05, 3.63) is 101 Å². The topological polar surface area (TPSA) is 52.6 Å². The molecule has 166 valence electrons. The maximum Gasteiger partial charge on any atom is 0.246 e. The Morgan fingerprint density at radius 1 is 0.875 bits per heavy atom. The Hall–Kier alpha value is -2.99. The van der Waals surface area contributed by atoms with E-state index in [0.717, 1.165) is 12.1 Å². The third kappa shape index (κ3) is 6.04. The van der Waals surface area contributed by atoms with Gasteiger partial charge in [0.1, 0.15) is 6.04 Å². The van der Waals surface area contributed by atoms with Crippen LogP contribution in [-0.2, 0) is 4.79 Å². The molecular formula is C26H28ClN3O2. The van der Waals surface area contributed by atoms with Crippen LogP contribution in [0, 0.1) is 0 Å². The normalized spacial score (nSPS) is 12.1. The van der Waals surface area contributed by atoms with Gasteiger partial charge in [-0.05, 0) is 44.9 Å².